The lowest BCUT2D eigenvalue weighted by Crippen LogP contribution is -2.45. The first-order valence-corrected chi connectivity index (χ1v) is 8.70. The van der Waals surface area contributed by atoms with E-state index in [4.69, 9.17) is 5.73 Å². The van der Waals surface area contributed by atoms with Gasteiger partial charge in [0.15, 0.2) is 0 Å². The van der Waals surface area contributed by atoms with Gasteiger partial charge in [0.25, 0.3) is 0 Å². The van der Waals surface area contributed by atoms with Crippen LogP contribution < -0.4 is 11.1 Å². The van der Waals surface area contributed by atoms with Crippen LogP contribution in [0.15, 0.2) is 0 Å². The van der Waals surface area contributed by atoms with Crippen LogP contribution in [0.1, 0.15) is 40.5 Å². The van der Waals surface area contributed by atoms with Gasteiger partial charge in [0.2, 0.25) is 5.91 Å². The third-order valence-electron chi connectivity index (χ3n) is 2.84. The molecule has 5 nitrogen and oxygen atoms in total. The average molecular weight is 329 g/mol. The molecule has 0 aromatic carbocycles. The maximum absolute atomic E-state index is 11.8. The summed E-state index contributed by atoms with van der Waals surface area (Å²) < 4.78 is 22.0. The minimum atomic E-state index is -3.07. The minimum absolute atomic E-state index is 0. The Labute approximate surface area is 129 Å². The molecule has 122 valence electrons. The largest absolute Gasteiger partial charge is 0.354 e. The first-order valence-electron chi connectivity index (χ1n) is 6.64. The minimum Gasteiger partial charge on any atom is -0.354 e. The molecule has 0 saturated heterocycles. The number of carbonyl (C=O) groups is 1. The molecule has 0 spiro atoms. The van der Waals surface area contributed by atoms with Crippen LogP contribution in [0.3, 0.4) is 0 Å². The van der Waals surface area contributed by atoms with Crippen LogP contribution in [0.4, 0.5) is 0 Å². The van der Waals surface area contributed by atoms with E-state index in [2.05, 4.69) is 33.0 Å². The quantitative estimate of drug-likeness (QED) is 0.704. The normalized spacial score (nSPS) is 13.8. The monoisotopic (exact) mass is 328 g/mol. The highest BCUT2D eigenvalue weighted by atomic mass is 35.5. The smallest absolute Gasteiger partial charge is 0.236 e. The topological polar surface area (TPSA) is 89.3 Å². The van der Waals surface area contributed by atoms with Gasteiger partial charge < -0.3 is 11.1 Å². The number of halogens is 1. The second kappa shape index (κ2) is 8.85. The molecule has 0 heterocycles. The Kier molecular flexibility index (Phi) is 9.71. The van der Waals surface area contributed by atoms with Crippen LogP contribution in [0.25, 0.3) is 0 Å². The molecular formula is C13H29ClN2O3S. The third kappa shape index (κ3) is 11.5. The second-order valence-electron chi connectivity index (χ2n) is 6.51. The maximum atomic E-state index is 11.8. The molecule has 0 aliphatic heterocycles. The Hall–Kier alpha value is -0.330. The van der Waals surface area contributed by atoms with Gasteiger partial charge >= 0.3 is 0 Å². The van der Waals surface area contributed by atoms with Crippen LogP contribution in [-0.4, -0.2) is 38.9 Å². The molecule has 0 aromatic heterocycles. The maximum Gasteiger partial charge on any atom is 0.236 e. The fraction of sp³-hybridized carbons (Fsp3) is 0.923. The summed E-state index contributed by atoms with van der Waals surface area (Å²) in [5.41, 5.74) is 5.69. The number of rotatable bonds is 8. The van der Waals surface area contributed by atoms with Crippen molar-refractivity contribution in [3.63, 3.8) is 0 Å². The number of sulfone groups is 1. The van der Waals surface area contributed by atoms with Crippen molar-refractivity contribution in [1.29, 1.82) is 0 Å². The van der Waals surface area contributed by atoms with E-state index in [1.165, 1.54) is 0 Å². The fourth-order valence-electron chi connectivity index (χ4n) is 2.11. The summed E-state index contributed by atoms with van der Waals surface area (Å²) in [7, 11) is -3.07. The predicted molar refractivity (Wildman–Crippen MR) is 85.8 cm³/mol. The number of carbonyl (C=O) groups excluding carboxylic acids is 1. The van der Waals surface area contributed by atoms with Gasteiger partial charge in [-0.05, 0) is 24.2 Å². The summed E-state index contributed by atoms with van der Waals surface area (Å²) >= 11 is 0. The molecule has 0 bridgehead atoms. The molecule has 0 aliphatic carbocycles. The molecular weight excluding hydrogens is 300 g/mol. The number of nitrogens with two attached hydrogens (primary N) is 1. The van der Waals surface area contributed by atoms with Crippen LogP contribution in [0, 0.1) is 11.3 Å². The zero-order chi connectivity index (χ0) is 15.3. The van der Waals surface area contributed by atoms with E-state index in [-0.39, 0.29) is 35.9 Å². The van der Waals surface area contributed by atoms with Crippen molar-refractivity contribution in [3.05, 3.63) is 0 Å². The molecule has 0 fully saturated rings. The summed E-state index contributed by atoms with van der Waals surface area (Å²) in [6.45, 7) is 9.02. The molecule has 0 rings (SSSR count). The first-order chi connectivity index (χ1) is 8.43. The van der Waals surface area contributed by atoms with Crippen molar-refractivity contribution in [2.75, 3.05) is 18.6 Å². The highest BCUT2D eigenvalue weighted by Crippen LogP contribution is 2.24. The molecule has 0 saturated carbocycles. The van der Waals surface area contributed by atoms with Gasteiger partial charge in [-0.15, -0.1) is 12.4 Å². The predicted octanol–water partition coefficient (Wildman–Crippen LogP) is 1.36. The van der Waals surface area contributed by atoms with Gasteiger partial charge in [0, 0.05) is 12.8 Å². The standard InChI is InChI=1S/C13H28N2O3S.ClH/c1-10(2)8-13(3,4)9-15-12(16)11(14)6-7-19(5,17)18;/h10-11H,6-9,14H2,1-5H3,(H,15,16);1H. The lowest BCUT2D eigenvalue weighted by Gasteiger charge is -2.27. The molecule has 1 atom stereocenters. The van der Waals surface area contributed by atoms with Crippen molar-refractivity contribution in [3.8, 4) is 0 Å². The Morgan fingerprint density at radius 3 is 2.20 bits per heavy atom. The molecule has 7 heteroatoms. The van der Waals surface area contributed by atoms with Gasteiger partial charge in [-0.25, -0.2) is 8.42 Å². The number of amides is 1. The Morgan fingerprint density at radius 1 is 1.30 bits per heavy atom. The first kappa shape index (κ1) is 22.0. The number of nitrogens with one attached hydrogen (secondary N) is 1. The lowest BCUT2D eigenvalue weighted by atomic mass is 9.84. The molecule has 3 N–H and O–H groups in total. The van der Waals surface area contributed by atoms with E-state index < -0.39 is 15.9 Å². The van der Waals surface area contributed by atoms with Crippen molar-refractivity contribution in [1.82, 2.24) is 5.32 Å². The fourth-order valence-corrected chi connectivity index (χ4v) is 2.79. The second-order valence-corrected chi connectivity index (χ2v) is 8.76. The summed E-state index contributed by atoms with van der Waals surface area (Å²) in [4.78, 5) is 11.8. The molecule has 0 radical (unpaired) electrons. The summed E-state index contributed by atoms with van der Waals surface area (Å²) in [5.74, 6) is 0.225. The highest BCUT2D eigenvalue weighted by molar-refractivity contribution is 7.90. The third-order valence-corrected chi connectivity index (χ3v) is 3.82. The summed E-state index contributed by atoms with van der Waals surface area (Å²) in [5, 5.41) is 2.81. The van der Waals surface area contributed by atoms with E-state index in [9.17, 15) is 13.2 Å². The Morgan fingerprint density at radius 2 is 1.80 bits per heavy atom. The van der Waals surface area contributed by atoms with E-state index >= 15 is 0 Å². The van der Waals surface area contributed by atoms with Crippen LogP contribution in [0.2, 0.25) is 0 Å². The molecule has 1 amide bonds. The van der Waals surface area contributed by atoms with E-state index in [1.54, 1.807) is 0 Å². The summed E-state index contributed by atoms with van der Waals surface area (Å²) in [6.07, 6.45) is 2.31. The van der Waals surface area contributed by atoms with E-state index in [1.807, 2.05) is 0 Å². The van der Waals surface area contributed by atoms with Gasteiger partial charge in [0.05, 0.1) is 11.8 Å². The number of hydrogen-bond donors (Lipinski definition) is 2. The van der Waals surface area contributed by atoms with Gasteiger partial charge in [-0.3, -0.25) is 4.79 Å². The van der Waals surface area contributed by atoms with E-state index in [0.717, 1.165) is 12.7 Å². The van der Waals surface area contributed by atoms with Gasteiger partial charge in [-0.2, -0.15) is 0 Å². The van der Waals surface area contributed by atoms with Crippen molar-refractivity contribution in [2.45, 2.75) is 46.6 Å². The molecule has 0 aliphatic rings. The van der Waals surface area contributed by atoms with Crippen LogP contribution in [-0.2, 0) is 14.6 Å². The van der Waals surface area contributed by atoms with Gasteiger partial charge in [0.1, 0.15) is 9.84 Å². The van der Waals surface area contributed by atoms with Gasteiger partial charge in [-0.1, -0.05) is 27.7 Å². The zero-order valence-corrected chi connectivity index (χ0v) is 14.7. The molecule has 1 unspecified atom stereocenters. The Bertz CT molecular complexity index is 394. The van der Waals surface area contributed by atoms with Crippen LogP contribution in [0.5, 0.6) is 0 Å². The molecule has 20 heavy (non-hydrogen) atoms. The molecule has 0 aromatic rings. The zero-order valence-electron chi connectivity index (χ0n) is 13.1. The summed E-state index contributed by atoms with van der Waals surface area (Å²) in [6, 6.07) is -0.760. The van der Waals surface area contributed by atoms with Crippen molar-refractivity contribution >= 4 is 28.2 Å². The number of hydrogen-bond acceptors (Lipinski definition) is 4. The Balaban J connectivity index is 0. The lowest BCUT2D eigenvalue weighted by molar-refractivity contribution is -0.122. The van der Waals surface area contributed by atoms with Crippen LogP contribution >= 0.6 is 12.4 Å². The average Bonchev–Trinajstić information content (AvgIpc) is 2.19. The van der Waals surface area contributed by atoms with Crippen molar-refractivity contribution in [2.24, 2.45) is 17.1 Å². The van der Waals surface area contributed by atoms with E-state index in [0.29, 0.717) is 12.5 Å². The highest BCUT2D eigenvalue weighted by Gasteiger charge is 2.22. The van der Waals surface area contributed by atoms with Crippen molar-refractivity contribution < 1.29 is 13.2 Å². The SMILES string of the molecule is CC(C)CC(C)(C)CNC(=O)C(N)CCS(C)(=O)=O.Cl.